The van der Waals surface area contributed by atoms with Crippen molar-refractivity contribution in [3.8, 4) is 0 Å². The minimum atomic E-state index is -0.803. The second kappa shape index (κ2) is 4.28. The lowest BCUT2D eigenvalue weighted by Gasteiger charge is -2.45. The van der Waals surface area contributed by atoms with Crippen LogP contribution in [-0.2, 0) is 12.0 Å². The quantitative estimate of drug-likeness (QED) is 0.734. The van der Waals surface area contributed by atoms with Crippen molar-refractivity contribution in [3.63, 3.8) is 0 Å². The molecule has 1 spiro atoms. The summed E-state index contributed by atoms with van der Waals surface area (Å²) in [4.78, 5) is 12.9. The van der Waals surface area contributed by atoms with E-state index in [-0.39, 0.29) is 5.41 Å². The van der Waals surface area contributed by atoms with Crippen LogP contribution in [0.4, 0.5) is 4.79 Å². The van der Waals surface area contributed by atoms with E-state index < -0.39 is 6.09 Å². The van der Waals surface area contributed by atoms with Gasteiger partial charge in [-0.1, -0.05) is 24.3 Å². The van der Waals surface area contributed by atoms with E-state index in [4.69, 9.17) is 0 Å². The number of carboxylic acid groups (broad SMARTS) is 1. The normalized spacial score (nSPS) is 21.7. The van der Waals surface area contributed by atoms with Gasteiger partial charge >= 0.3 is 6.09 Å². The van der Waals surface area contributed by atoms with Crippen LogP contribution in [0, 0.1) is 0 Å². The standard InChI is InChI=1S/C14H18N2O2/c17-13(18)16-9-11-3-1-2-4-12(11)14(10-16)5-7-15-8-6-14/h1-4,15H,5-10H2,(H,17,18). The Morgan fingerprint density at radius 1 is 1.28 bits per heavy atom. The van der Waals surface area contributed by atoms with E-state index in [0.29, 0.717) is 13.1 Å². The zero-order valence-corrected chi connectivity index (χ0v) is 10.4. The van der Waals surface area contributed by atoms with E-state index >= 15 is 0 Å². The number of amides is 1. The zero-order chi connectivity index (χ0) is 12.6. The summed E-state index contributed by atoms with van der Waals surface area (Å²) in [6, 6.07) is 8.31. The molecule has 0 saturated carbocycles. The van der Waals surface area contributed by atoms with Crippen LogP contribution in [0.5, 0.6) is 0 Å². The minimum absolute atomic E-state index is 0.0263. The van der Waals surface area contributed by atoms with Crippen molar-refractivity contribution >= 4 is 6.09 Å². The molecule has 1 fully saturated rings. The fraction of sp³-hybridized carbons (Fsp3) is 0.500. The first-order valence-corrected chi connectivity index (χ1v) is 6.48. The van der Waals surface area contributed by atoms with Gasteiger partial charge in [0.2, 0.25) is 0 Å². The Labute approximate surface area is 107 Å². The Hall–Kier alpha value is -1.55. The second-order valence-corrected chi connectivity index (χ2v) is 5.33. The lowest BCUT2D eigenvalue weighted by atomic mass is 9.69. The van der Waals surface area contributed by atoms with Crippen LogP contribution in [-0.4, -0.2) is 35.7 Å². The van der Waals surface area contributed by atoms with Gasteiger partial charge in [0.05, 0.1) is 0 Å². The monoisotopic (exact) mass is 246 g/mol. The fourth-order valence-corrected chi connectivity index (χ4v) is 3.36. The molecule has 1 saturated heterocycles. The molecule has 0 atom stereocenters. The highest BCUT2D eigenvalue weighted by molar-refractivity contribution is 5.66. The molecule has 0 bridgehead atoms. The van der Waals surface area contributed by atoms with E-state index in [1.165, 1.54) is 11.1 Å². The molecule has 3 rings (SSSR count). The van der Waals surface area contributed by atoms with Crippen LogP contribution >= 0.6 is 0 Å². The second-order valence-electron chi connectivity index (χ2n) is 5.33. The van der Waals surface area contributed by atoms with Gasteiger partial charge in [0.1, 0.15) is 0 Å². The number of rotatable bonds is 0. The number of nitrogens with one attached hydrogen (secondary N) is 1. The van der Waals surface area contributed by atoms with Crippen LogP contribution in [0.15, 0.2) is 24.3 Å². The Kier molecular flexibility index (Phi) is 2.74. The molecule has 1 aromatic carbocycles. The summed E-state index contributed by atoms with van der Waals surface area (Å²) in [6.45, 7) is 3.12. The minimum Gasteiger partial charge on any atom is -0.465 e. The number of hydrogen-bond donors (Lipinski definition) is 2. The number of piperidine rings is 1. The first-order valence-electron chi connectivity index (χ1n) is 6.48. The van der Waals surface area contributed by atoms with Gasteiger partial charge in [-0.25, -0.2) is 4.79 Å². The molecule has 2 heterocycles. The lowest BCUT2D eigenvalue weighted by molar-refractivity contribution is 0.110. The molecule has 0 radical (unpaired) electrons. The van der Waals surface area contributed by atoms with Gasteiger partial charge < -0.3 is 15.3 Å². The van der Waals surface area contributed by atoms with Crippen LogP contribution in [0.3, 0.4) is 0 Å². The predicted octanol–water partition coefficient (Wildman–Crippen LogP) is 1.80. The van der Waals surface area contributed by atoms with Crippen molar-refractivity contribution in [2.75, 3.05) is 19.6 Å². The third-order valence-electron chi connectivity index (χ3n) is 4.27. The first-order chi connectivity index (χ1) is 8.71. The summed E-state index contributed by atoms with van der Waals surface area (Å²) in [5.41, 5.74) is 2.57. The highest BCUT2D eigenvalue weighted by Gasteiger charge is 2.41. The van der Waals surface area contributed by atoms with Crippen molar-refractivity contribution in [1.29, 1.82) is 0 Å². The summed E-state index contributed by atoms with van der Waals surface area (Å²) < 4.78 is 0. The summed E-state index contributed by atoms with van der Waals surface area (Å²) in [7, 11) is 0. The molecule has 2 N–H and O–H groups in total. The van der Waals surface area contributed by atoms with Crippen LogP contribution in [0.1, 0.15) is 24.0 Å². The molecule has 4 heteroatoms. The molecule has 4 nitrogen and oxygen atoms in total. The highest BCUT2D eigenvalue weighted by atomic mass is 16.4. The van der Waals surface area contributed by atoms with E-state index in [1.54, 1.807) is 4.90 Å². The first kappa shape index (κ1) is 11.5. The molecule has 0 aromatic heterocycles. The molecular formula is C14H18N2O2. The van der Waals surface area contributed by atoms with E-state index in [9.17, 15) is 9.90 Å². The molecule has 1 amide bonds. The van der Waals surface area contributed by atoms with E-state index in [2.05, 4.69) is 23.5 Å². The molecule has 0 unspecified atom stereocenters. The van der Waals surface area contributed by atoms with Crippen molar-refractivity contribution in [1.82, 2.24) is 10.2 Å². The largest absolute Gasteiger partial charge is 0.465 e. The number of benzene rings is 1. The highest BCUT2D eigenvalue weighted by Crippen LogP contribution is 2.40. The van der Waals surface area contributed by atoms with Crippen molar-refractivity contribution < 1.29 is 9.90 Å². The van der Waals surface area contributed by atoms with Crippen LogP contribution in [0.25, 0.3) is 0 Å². The average molecular weight is 246 g/mol. The van der Waals surface area contributed by atoms with Gasteiger partial charge in [-0.05, 0) is 37.1 Å². The molecule has 18 heavy (non-hydrogen) atoms. The van der Waals surface area contributed by atoms with Gasteiger partial charge in [0, 0.05) is 18.5 Å². The summed E-state index contributed by atoms with van der Waals surface area (Å²) in [5.74, 6) is 0. The summed E-state index contributed by atoms with van der Waals surface area (Å²) in [6.07, 6.45) is 1.24. The van der Waals surface area contributed by atoms with E-state index in [1.807, 2.05) is 6.07 Å². The molecule has 96 valence electrons. The van der Waals surface area contributed by atoms with Gasteiger partial charge in [0.25, 0.3) is 0 Å². The lowest BCUT2D eigenvalue weighted by Crippen LogP contribution is -2.52. The van der Waals surface area contributed by atoms with Crippen molar-refractivity contribution in [3.05, 3.63) is 35.4 Å². The maximum Gasteiger partial charge on any atom is 0.407 e. The van der Waals surface area contributed by atoms with Crippen molar-refractivity contribution in [2.24, 2.45) is 0 Å². The Balaban J connectivity index is 2.04. The van der Waals surface area contributed by atoms with Crippen molar-refractivity contribution in [2.45, 2.75) is 24.8 Å². The molecule has 0 aliphatic carbocycles. The van der Waals surface area contributed by atoms with Gasteiger partial charge in [-0.15, -0.1) is 0 Å². The topological polar surface area (TPSA) is 52.6 Å². The molecule has 1 aromatic rings. The van der Waals surface area contributed by atoms with Gasteiger partial charge in [0.15, 0.2) is 0 Å². The van der Waals surface area contributed by atoms with E-state index in [0.717, 1.165) is 25.9 Å². The van der Waals surface area contributed by atoms with Gasteiger partial charge in [-0.3, -0.25) is 0 Å². The fourth-order valence-electron chi connectivity index (χ4n) is 3.36. The predicted molar refractivity (Wildman–Crippen MR) is 68.7 cm³/mol. The van der Waals surface area contributed by atoms with Crippen LogP contribution in [0.2, 0.25) is 0 Å². The number of hydrogen-bond acceptors (Lipinski definition) is 2. The smallest absolute Gasteiger partial charge is 0.407 e. The maximum absolute atomic E-state index is 11.3. The number of fused-ring (bicyclic) bond motifs is 2. The third kappa shape index (κ3) is 1.77. The van der Waals surface area contributed by atoms with Gasteiger partial charge in [-0.2, -0.15) is 0 Å². The summed E-state index contributed by atoms with van der Waals surface area (Å²) in [5, 5.41) is 12.7. The molecular weight excluding hydrogens is 228 g/mol. The number of nitrogens with zero attached hydrogens (tertiary/aromatic N) is 1. The zero-order valence-electron chi connectivity index (χ0n) is 10.4. The average Bonchev–Trinajstić information content (AvgIpc) is 2.40. The Morgan fingerprint density at radius 2 is 2.00 bits per heavy atom. The SMILES string of the molecule is O=C(O)N1Cc2ccccc2C2(CCNCC2)C1. The summed E-state index contributed by atoms with van der Waals surface area (Å²) >= 11 is 0. The van der Waals surface area contributed by atoms with Crippen LogP contribution < -0.4 is 5.32 Å². The Morgan fingerprint density at radius 3 is 2.72 bits per heavy atom. The molecule has 2 aliphatic rings. The number of carbonyl (C=O) groups is 1. The molecule has 2 aliphatic heterocycles. The third-order valence-corrected chi connectivity index (χ3v) is 4.27. The maximum atomic E-state index is 11.3. The Bertz CT molecular complexity index is 467.